The van der Waals surface area contributed by atoms with Crippen LogP contribution >= 0.6 is 0 Å². The van der Waals surface area contributed by atoms with Crippen LogP contribution in [0.1, 0.15) is 90.8 Å². The Kier molecular flexibility index (Phi) is 12.4. The summed E-state index contributed by atoms with van der Waals surface area (Å²) >= 11 is 0. The van der Waals surface area contributed by atoms with Gasteiger partial charge in [0.05, 0.1) is 5.69 Å². The van der Waals surface area contributed by atoms with Crippen molar-refractivity contribution in [2.75, 3.05) is 9.80 Å². The molecule has 16 rings (SSSR count). The van der Waals surface area contributed by atoms with Crippen LogP contribution in [-0.2, 0) is 31.1 Å². The number of aryl methyl sites for hydroxylation is 4. The predicted molar refractivity (Wildman–Crippen MR) is 317 cm³/mol. The SMILES string of the molecule is CC1(C)c2ccccc2-c2c(-c3ccccc3)cc(N(c3cc4ccc3CCc3ccc(c(N(c5ccccc5)c5ccc(C6CCCCC6)cc5)c3)CC4)c3c(-c4ccccc4)cccc3-c3ccccc3)cc21. The second-order valence-electron chi connectivity index (χ2n) is 21.7. The normalized spacial score (nSPS) is 14.6. The molecule has 4 bridgehead atoms. The number of benzene rings is 10. The van der Waals surface area contributed by atoms with E-state index in [4.69, 9.17) is 0 Å². The molecule has 0 atom stereocenters. The van der Waals surface area contributed by atoms with Crippen LogP contribution < -0.4 is 9.80 Å². The van der Waals surface area contributed by atoms with Crippen LogP contribution in [0.3, 0.4) is 0 Å². The maximum absolute atomic E-state index is 2.67. The van der Waals surface area contributed by atoms with Gasteiger partial charge in [0, 0.05) is 45.0 Å². The second kappa shape index (κ2) is 19.9. The average molecular weight is 969 g/mol. The van der Waals surface area contributed by atoms with E-state index in [-0.39, 0.29) is 5.41 Å². The summed E-state index contributed by atoms with van der Waals surface area (Å²) in [6.07, 6.45) is 10.2. The van der Waals surface area contributed by atoms with Crippen LogP contribution in [0.2, 0.25) is 0 Å². The molecule has 6 aliphatic carbocycles. The van der Waals surface area contributed by atoms with Crippen LogP contribution in [0.25, 0.3) is 44.5 Å². The van der Waals surface area contributed by atoms with Crippen molar-refractivity contribution in [3.05, 3.63) is 276 Å². The first kappa shape index (κ1) is 46.6. The molecular formula is C73H64N2. The van der Waals surface area contributed by atoms with Crippen molar-refractivity contribution in [3.8, 4) is 44.5 Å². The predicted octanol–water partition coefficient (Wildman–Crippen LogP) is 19.9. The summed E-state index contributed by atoms with van der Waals surface area (Å²) in [6, 6.07) is 89.6. The Bertz CT molecular complexity index is 3590. The van der Waals surface area contributed by atoms with E-state index < -0.39 is 0 Å². The van der Waals surface area contributed by atoms with Gasteiger partial charge in [0.25, 0.3) is 0 Å². The van der Waals surface area contributed by atoms with Gasteiger partial charge in [-0.2, -0.15) is 0 Å². The van der Waals surface area contributed by atoms with Crippen molar-refractivity contribution < 1.29 is 0 Å². The Morgan fingerprint density at radius 3 is 1.44 bits per heavy atom. The third-order valence-electron chi connectivity index (χ3n) is 16.8. The van der Waals surface area contributed by atoms with E-state index in [1.54, 1.807) is 0 Å². The molecular weight excluding hydrogens is 905 g/mol. The number of rotatable bonds is 10. The molecule has 1 saturated carbocycles. The lowest BCUT2D eigenvalue weighted by molar-refractivity contribution is 0.443. The van der Waals surface area contributed by atoms with E-state index in [0.717, 1.165) is 31.4 Å². The Balaban J connectivity index is 1.00. The lowest BCUT2D eigenvalue weighted by atomic mass is 9.81. The van der Waals surface area contributed by atoms with Crippen LogP contribution in [0.5, 0.6) is 0 Å². The van der Waals surface area contributed by atoms with Gasteiger partial charge in [-0.3, -0.25) is 0 Å². The van der Waals surface area contributed by atoms with Gasteiger partial charge in [-0.05, 0) is 165 Å². The number of fused-ring (bicyclic) bond motifs is 3. The molecule has 6 aliphatic rings. The van der Waals surface area contributed by atoms with Crippen molar-refractivity contribution in [1.82, 2.24) is 0 Å². The summed E-state index contributed by atoms with van der Waals surface area (Å²) in [5.74, 6) is 0.670. The Morgan fingerprint density at radius 2 is 0.853 bits per heavy atom. The minimum Gasteiger partial charge on any atom is -0.310 e. The Morgan fingerprint density at radius 1 is 0.360 bits per heavy atom. The zero-order chi connectivity index (χ0) is 50.3. The van der Waals surface area contributed by atoms with Crippen molar-refractivity contribution >= 4 is 34.1 Å². The van der Waals surface area contributed by atoms with E-state index in [2.05, 4.69) is 260 Å². The molecule has 0 radical (unpaired) electrons. The molecule has 0 aliphatic heterocycles. The standard InChI is InChI=1S/C73H64N2/c1-73(2)67-34-19-18-31-65(67)71-66(57-27-14-6-15-28-57)49-62(50-68(71)73)75(72-63(55-23-10-4-11-24-55)32-20-33-64(72)56-25-12-5-13-26-56)70-48-52-36-40-58-39-35-51(37-41-59(70)42-38-52)47-69(58)74(60-29-16-7-17-30-60)61-45-43-54(44-46-61)53-21-8-3-9-22-53/h4-7,10-20,23-35,38-39,42-50,53H,3,8-9,21-22,36-37,40-41H2,1-2H3. The van der Waals surface area contributed by atoms with Crippen molar-refractivity contribution in [2.45, 2.75) is 83.0 Å². The summed E-state index contributed by atoms with van der Waals surface area (Å²) in [5, 5.41) is 0. The number of para-hydroxylation sites is 2. The number of anilines is 6. The second-order valence-corrected chi connectivity index (χ2v) is 21.7. The lowest BCUT2D eigenvalue weighted by Crippen LogP contribution is -2.19. The molecule has 0 spiro atoms. The fourth-order valence-electron chi connectivity index (χ4n) is 12.9. The minimum absolute atomic E-state index is 0.228. The van der Waals surface area contributed by atoms with E-state index in [1.165, 1.54) is 144 Å². The topological polar surface area (TPSA) is 6.48 Å². The highest BCUT2D eigenvalue weighted by molar-refractivity contribution is 6.01. The molecule has 0 heterocycles. The fraction of sp³-hybridized carbons (Fsp3) is 0.178. The quantitative estimate of drug-likeness (QED) is 0.135. The van der Waals surface area contributed by atoms with Crippen molar-refractivity contribution in [2.24, 2.45) is 0 Å². The van der Waals surface area contributed by atoms with Crippen LogP contribution in [0, 0.1) is 0 Å². The molecule has 366 valence electrons. The van der Waals surface area contributed by atoms with Gasteiger partial charge in [0.2, 0.25) is 0 Å². The van der Waals surface area contributed by atoms with Crippen molar-refractivity contribution in [3.63, 3.8) is 0 Å². The highest BCUT2D eigenvalue weighted by atomic mass is 15.2. The van der Waals surface area contributed by atoms with Crippen LogP contribution in [0.4, 0.5) is 34.1 Å². The molecule has 10 aromatic carbocycles. The molecule has 75 heavy (non-hydrogen) atoms. The fourth-order valence-corrected chi connectivity index (χ4v) is 12.9. The first-order valence-electron chi connectivity index (χ1n) is 27.5. The van der Waals surface area contributed by atoms with E-state index in [9.17, 15) is 0 Å². The maximum atomic E-state index is 2.67. The van der Waals surface area contributed by atoms with Gasteiger partial charge in [0.1, 0.15) is 0 Å². The molecule has 2 nitrogen and oxygen atoms in total. The zero-order valence-electron chi connectivity index (χ0n) is 43.4. The maximum Gasteiger partial charge on any atom is 0.0618 e. The molecule has 0 unspecified atom stereocenters. The number of hydrogen-bond donors (Lipinski definition) is 0. The third-order valence-corrected chi connectivity index (χ3v) is 16.8. The van der Waals surface area contributed by atoms with E-state index in [1.807, 2.05) is 0 Å². The monoisotopic (exact) mass is 969 g/mol. The van der Waals surface area contributed by atoms with Crippen LogP contribution in [-0.4, -0.2) is 0 Å². The largest absolute Gasteiger partial charge is 0.310 e. The van der Waals surface area contributed by atoms with Gasteiger partial charge in [0.15, 0.2) is 0 Å². The molecule has 0 saturated heterocycles. The van der Waals surface area contributed by atoms with Crippen molar-refractivity contribution in [1.29, 1.82) is 0 Å². The third kappa shape index (κ3) is 8.77. The van der Waals surface area contributed by atoms with Gasteiger partial charge >= 0.3 is 0 Å². The van der Waals surface area contributed by atoms with E-state index >= 15 is 0 Å². The molecule has 0 N–H and O–H groups in total. The summed E-state index contributed by atoms with van der Waals surface area (Å²) < 4.78 is 0. The number of hydrogen-bond acceptors (Lipinski definition) is 2. The van der Waals surface area contributed by atoms with E-state index in [0.29, 0.717) is 5.92 Å². The molecule has 0 aromatic heterocycles. The average Bonchev–Trinajstić information content (AvgIpc) is 3.78. The summed E-state index contributed by atoms with van der Waals surface area (Å²) in [5.41, 5.74) is 26.6. The molecule has 0 amide bonds. The minimum atomic E-state index is -0.228. The van der Waals surface area contributed by atoms with Gasteiger partial charge in [-0.15, -0.1) is 0 Å². The van der Waals surface area contributed by atoms with Gasteiger partial charge in [-0.25, -0.2) is 0 Å². The molecule has 2 heteroatoms. The van der Waals surface area contributed by atoms with Gasteiger partial charge < -0.3 is 9.80 Å². The Hall–Kier alpha value is -8.20. The molecule has 10 aromatic rings. The number of nitrogens with zero attached hydrogens (tertiary/aromatic N) is 2. The molecule has 1 fully saturated rings. The Labute approximate surface area is 444 Å². The summed E-state index contributed by atoms with van der Waals surface area (Å²) in [7, 11) is 0. The highest BCUT2D eigenvalue weighted by Crippen LogP contribution is 2.56. The smallest absolute Gasteiger partial charge is 0.0618 e. The van der Waals surface area contributed by atoms with Gasteiger partial charge in [-0.1, -0.05) is 221 Å². The highest BCUT2D eigenvalue weighted by Gasteiger charge is 2.38. The lowest BCUT2D eigenvalue weighted by Gasteiger charge is -2.34. The first-order chi connectivity index (χ1) is 37.0. The zero-order valence-corrected chi connectivity index (χ0v) is 43.4. The summed E-state index contributed by atoms with van der Waals surface area (Å²) in [6.45, 7) is 4.84. The summed E-state index contributed by atoms with van der Waals surface area (Å²) in [4.78, 5) is 5.19. The van der Waals surface area contributed by atoms with Crippen LogP contribution in [0.15, 0.2) is 237 Å². The first-order valence-corrected chi connectivity index (χ1v) is 27.5.